The lowest BCUT2D eigenvalue weighted by atomic mass is 10.2. The number of benzene rings is 1. The molecule has 104 valence electrons. The quantitative estimate of drug-likeness (QED) is 0.675. The minimum Gasteiger partial charge on any atom is -0.392 e. The van der Waals surface area contributed by atoms with E-state index in [9.17, 15) is 8.42 Å². The molecule has 1 fully saturated rings. The van der Waals surface area contributed by atoms with Crippen molar-refractivity contribution in [3.05, 3.63) is 41.5 Å². The summed E-state index contributed by atoms with van der Waals surface area (Å²) in [5, 5.41) is 9.00. The van der Waals surface area contributed by atoms with Gasteiger partial charge in [-0.2, -0.15) is 4.31 Å². The smallest absolute Gasteiger partial charge is 0.243 e. The van der Waals surface area contributed by atoms with Crippen molar-refractivity contribution in [2.45, 2.75) is 37.8 Å². The van der Waals surface area contributed by atoms with Gasteiger partial charge in [0.2, 0.25) is 10.0 Å². The number of hydrogen-bond acceptors (Lipinski definition) is 3. The molecule has 4 nitrogen and oxygen atoms in total. The largest absolute Gasteiger partial charge is 0.392 e. The van der Waals surface area contributed by atoms with Crippen molar-refractivity contribution >= 4 is 10.0 Å². The van der Waals surface area contributed by atoms with Crippen molar-refractivity contribution < 1.29 is 13.5 Å². The number of aliphatic hydroxyl groups excluding tert-OH is 1. The summed E-state index contributed by atoms with van der Waals surface area (Å²) in [5.41, 5.74) is 1.82. The van der Waals surface area contributed by atoms with Crippen LogP contribution in [0.15, 0.2) is 40.8 Å². The molecule has 1 unspecified atom stereocenters. The summed E-state index contributed by atoms with van der Waals surface area (Å²) in [6.45, 7) is 5.55. The molecule has 0 aromatic heterocycles. The monoisotopic (exact) mass is 281 g/mol. The Labute approximate surface area is 114 Å². The fraction of sp³-hybridized carbons (Fsp3) is 0.429. The number of nitrogens with zero attached hydrogens (tertiary/aromatic N) is 1. The van der Waals surface area contributed by atoms with Gasteiger partial charge in [0.25, 0.3) is 0 Å². The van der Waals surface area contributed by atoms with Crippen LogP contribution in [0.3, 0.4) is 0 Å². The Hall–Kier alpha value is -1.17. The number of aliphatic hydroxyl groups is 1. The molecule has 1 N–H and O–H groups in total. The molecule has 2 rings (SSSR count). The highest BCUT2D eigenvalue weighted by Gasteiger charge is 2.51. The summed E-state index contributed by atoms with van der Waals surface area (Å²) in [7, 11) is -3.43. The van der Waals surface area contributed by atoms with Gasteiger partial charge in [-0.1, -0.05) is 29.3 Å². The summed E-state index contributed by atoms with van der Waals surface area (Å²) in [4.78, 5) is 0.322. The highest BCUT2D eigenvalue weighted by Crippen LogP contribution is 2.36. The molecule has 1 saturated heterocycles. The van der Waals surface area contributed by atoms with Crippen molar-refractivity contribution in [1.82, 2.24) is 4.31 Å². The maximum absolute atomic E-state index is 12.4. The topological polar surface area (TPSA) is 57.4 Å². The zero-order valence-electron chi connectivity index (χ0n) is 11.4. The molecular weight excluding hydrogens is 262 g/mol. The standard InChI is InChI=1S/C14H19NO3S/c1-10-4-6-13(7-5-10)19(17,18)15-12(3)14(15)8-11(2)9-16/h4-8,12,14,16H,9H2,1-3H3/b11-8+/t12-,14-,15?/m0/s1. The second-order valence-corrected chi connectivity index (χ2v) is 6.89. The molecule has 1 aliphatic rings. The molecular formula is C14H19NO3S. The maximum atomic E-state index is 12.4. The van der Waals surface area contributed by atoms with Gasteiger partial charge in [0.15, 0.2) is 0 Å². The number of sulfonamides is 1. The molecule has 0 aliphatic carbocycles. The Bertz CT molecular complexity index is 590. The first-order valence-electron chi connectivity index (χ1n) is 6.26. The third kappa shape index (κ3) is 2.73. The van der Waals surface area contributed by atoms with Crippen molar-refractivity contribution in [1.29, 1.82) is 0 Å². The summed E-state index contributed by atoms with van der Waals surface area (Å²) in [6, 6.07) is 6.67. The fourth-order valence-electron chi connectivity index (χ4n) is 2.11. The predicted molar refractivity (Wildman–Crippen MR) is 74.3 cm³/mol. The van der Waals surface area contributed by atoms with Crippen LogP contribution in [0.5, 0.6) is 0 Å². The maximum Gasteiger partial charge on any atom is 0.243 e. The van der Waals surface area contributed by atoms with E-state index in [0.717, 1.165) is 11.1 Å². The van der Waals surface area contributed by atoms with Crippen LogP contribution < -0.4 is 0 Å². The van der Waals surface area contributed by atoms with Gasteiger partial charge in [-0.05, 0) is 32.9 Å². The summed E-state index contributed by atoms with van der Waals surface area (Å²) in [5.74, 6) is 0. The van der Waals surface area contributed by atoms with E-state index in [2.05, 4.69) is 0 Å². The first kappa shape index (κ1) is 14.2. The number of hydrogen-bond donors (Lipinski definition) is 1. The Morgan fingerprint density at radius 2 is 1.95 bits per heavy atom. The molecule has 19 heavy (non-hydrogen) atoms. The van der Waals surface area contributed by atoms with Crippen LogP contribution >= 0.6 is 0 Å². The molecule has 5 heteroatoms. The molecule has 1 aromatic rings. The summed E-state index contributed by atoms with van der Waals surface area (Å²) < 4.78 is 26.3. The normalized spacial score (nSPS) is 27.4. The van der Waals surface area contributed by atoms with Crippen molar-refractivity contribution in [2.24, 2.45) is 0 Å². The van der Waals surface area contributed by atoms with E-state index in [1.165, 1.54) is 4.31 Å². The van der Waals surface area contributed by atoms with E-state index >= 15 is 0 Å². The van der Waals surface area contributed by atoms with Crippen LogP contribution in [0.25, 0.3) is 0 Å². The lowest BCUT2D eigenvalue weighted by Gasteiger charge is -2.06. The van der Waals surface area contributed by atoms with Crippen LogP contribution in [0, 0.1) is 6.92 Å². The van der Waals surface area contributed by atoms with Gasteiger partial charge in [-0.25, -0.2) is 8.42 Å². The highest BCUT2D eigenvalue weighted by molar-refractivity contribution is 7.89. The second kappa shape index (κ2) is 5.07. The van der Waals surface area contributed by atoms with Crippen LogP contribution in [0.4, 0.5) is 0 Å². The van der Waals surface area contributed by atoms with E-state index < -0.39 is 10.0 Å². The predicted octanol–water partition coefficient (Wildman–Crippen LogP) is 1.70. The van der Waals surface area contributed by atoms with Gasteiger partial charge < -0.3 is 5.11 Å². The Morgan fingerprint density at radius 3 is 2.47 bits per heavy atom. The molecule has 0 radical (unpaired) electrons. The SMILES string of the molecule is C/C(=C\[C@H]1[C@H](C)N1S(=O)(=O)c1ccc(C)cc1)CO. The Balaban J connectivity index is 2.25. The van der Waals surface area contributed by atoms with Gasteiger partial charge in [-0.3, -0.25) is 0 Å². The highest BCUT2D eigenvalue weighted by atomic mass is 32.2. The first-order chi connectivity index (χ1) is 8.87. The Morgan fingerprint density at radius 1 is 1.37 bits per heavy atom. The van der Waals surface area contributed by atoms with E-state index in [1.807, 2.05) is 19.9 Å². The molecule has 1 aromatic carbocycles. The molecule has 0 bridgehead atoms. The minimum absolute atomic E-state index is 0.0400. The van der Waals surface area contributed by atoms with Gasteiger partial charge in [0.1, 0.15) is 0 Å². The van der Waals surface area contributed by atoms with E-state index in [-0.39, 0.29) is 18.7 Å². The van der Waals surface area contributed by atoms with Crippen LogP contribution in [0.2, 0.25) is 0 Å². The molecule has 0 amide bonds. The van der Waals surface area contributed by atoms with E-state index in [0.29, 0.717) is 4.90 Å². The first-order valence-corrected chi connectivity index (χ1v) is 7.70. The van der Waals surface area contributed by atoms with Crippen LogP contribution in [-0.4, -0.2) is 36.5 Å². The second-order valence-electron chi connectivity index (χ2n) is 5.05. The zero-order valence-corrected chi connectivity index (χ0v) is 12.2. The van der Waals surface area contributed by atoms with E-state index in [1.54, 1.807) is 31.2 Å². The van der Waals surface area contributed by atoms with Crippen molar-refractivity contribution in [3.8, 4) is 0 Å². The third-order valence-electron chi connectivity index (χ3n) is 3.40. The lowest BCUT2D eigenvalue weighted by Crippen LogP contribution is -2.15. The average molecular weight is 281 g/mol. The van der Waals surface area contributed by atoms with Crippen molar-refractivity contribution in [3.63, 3.8) is 0 Å². The average Bonchev–Trinajstić information content (AvgIpc) is 3.00. The summed E-state index contributed by atoms with van der Waals surface area (Å²) >= 11 is 0. The van der Waals surface area contributed by atoms with E-state index in [4.69, 9.17) is 5.11 Å². The van der Waals surface area contributed by atoms with Gasteiger partial charge in [-0.15, -0.1) is 0 Å². The zero-order chi connectivity index (χ0) is 14.2. The van der Waals surface area contributed by atoms with Crippen molar-refractivity contribution in [2.75, 3.05) is 6.61 Å². The van der Waals surface area contributed by atoms with Gasteiger partial charge >= 0.3 is 0 Å². The van der Waals surface area contributed by atoms with Gasteiger partial charge in [0.05, 0.1) is 17.5 Å². The van der Waals surface area contributed by atoms with Gasteiger partial charge in [0, 0.05) is 6.04 Å². The lowest BCUT2D eigenvalue weighted by molar-refractivity contribution is 0.331. The van der Waals surface area contributed by atoms with Crippen LogP contribution in [-0.2, 0) is 10.0 Å². The molecule has 0 spiro atoms. The minimum atomic E-state index is -3.43. The third-order valence-corrected chi connectivity index (χ3v) is 5.40. The molecule has 3 atom stereocenters. The molecule has 1 heterocycles. The molecule has 0 saturated carbocycles. The fourth-order valence-corrected chi connectivity index (χ4v) is 3.90. The number of rotatable bonds is 4. The van der Waals surface area contributed by atoms with Crippen LogP contribution in [0.1, 0.15) is 19.4 Å². The summed E-state index contributed by atoms with van der Waals surface area (Å²) in [6.07, 6.45) is 1.82. The molecule has 1 aliphatic heterocycles. The Kier molecular flexibility index (Phi) is 3.80. The number of aryl methyl sites for hydroxylation is 1.